The molecule has 0 bridgehead atoms. The summed E-state index contributed by atoms with van der Waals surface area (Å²) in [5.74, 6) is -2.48. The maximum Gasteiger partial charge on any atom is 0.322 e. The summed E-state index contributed by atoms with van der Waals surface area (Å²) in [5.41, 5.74) is 0.787. The Labute approximate surface area is 138 Å². The Morgan fingerprint density at radius 1 is 1.29 bits per heavy atom. The number of sulfonamides is 1. The predicted molar refractivity (Wildman–Crippen MR) is 82.5 cm³/mol. The van der Waals surface area contributed by atoms with Crippen LogP contribution in [0, 0.1) is 5.82 Å². The third kappa shape index (κ3) is 2.89. The molecule has 2 heterocycles. The van der Waals surface area contributed by atoms with Gasteiger partial charge in [0.05, 0.1) is 0 Å². The summed E-state index contributed by atoms with van der Waals surface area (Å²) < 4.78 is 40.9. The molecule has 7 nitrogen and oxygen atoms in total. The van der Waals surface area contributed by atoms with E-state index < -0.39 is 32.7 Å². The number of carboxylic acid groups (broad SMARTS) is 1. The summed E-state index contributed by atoms with van der Waals surface area (Å²) in [6, 6.07) is 1.00. The van der Waals surface area contributed by atoms with E-state index in [9.17, 15) is 27.5 Å². The molecule has 0 aromatic heterocycles. The van der Waals surface area contributed by atoms with Crippen molar-refractivity contribution in [3.63, 3.8) is 0 Å². The van der Waals surface area contributed by atoms with Crippen LogP contribution in [-0.4, -0.2) is 42.3 Å². The number of rotatable bonds is 3. The zero-order chi connectivity index (χ0) is 17.5. The highest BCUT2D eigenvalue weighted by molar-refractivity contribution is 7.89. The van der Waals surface area contributed by atoms with Crippen molar-refractivity contribution in [2.45, 2.75) is 43.0 Å². The quantitative estimate of drug-likeness (QED) is 0.850. The molecule has 1 atom stereocenters. The number of nitrogens with one attached hydrogen (secondary N) is 1. The molecule has 3 rings (SSSR count). The smallest absolute Gasteiger partial charge is 0.322 e. The van der Waals surface area contributed by atoms with Gasteiger partial charge in [-0.2, -0.15) is 4.31 Å². The first-order valence-corrected chi connectivity index (χ1v) is 9.11. The normalized spacial score (nSPS) is 21.9. The van der Waals surface area contributed by atoms with E-state index in [0.29, 0.717) is 24.8 Å². The van der Waals surface area contributed by atoms with E-state index in [4.69, 9.17) is 0 Å². The Morgan fingerprint density at radius 2 is 2.04 bits per heavy atom. The van der Waals surface area contributed by atoms with Gasteiger partial charge >= 0.3 is 5.97 Å². The van der Waals surface area contributed by atoms with Gasteiger partial charge in [0.15, 0.2) is 0 Å². The van der Waals surface area contributed by atoms with Crippen LogP contribution in [0.1, 0.15) is 31.2 Å². The van der Waals surface area contributed by atoms with Crippen molar-refractivity contribution in [3.05, 3.63) is 23.5 Å². The van der Waals surface area contributed by atoms with Crippen molar-refractivity contribution in [1.82, 2.24) is 4.31 Å². The minimum absolute atomic E-state index is 0.0482. The number of halogens is 1. The van der Waals surface area contributed by atoms with Crippen LogP contribution in [0.25, 0.3) is 0 Å². The Bertz CT molecular complexity index is 808. The molecule has 2 aliphatic rings. The van der Waals surface area contributed by atoms with Gasteiger partial charge < -0.3 is 10.4 Å². The van der Waals surface area contributed by atoms with Gasteiger partial charge in [0.25, 0.3) is 0 Å². The van der Waals surface area contributed by atoms with Crippen molar-refractivity contribution in [2.75, 3.05) is 11.9 Å². The largest absolute Gasteiger partial charge is 0.480 e. The van der Waals surface area contributed by atoms with Gasteiger partial charge in [-0.05, 0) is 43.4 Å². The van der Waals surface area contributed by atoms with Crippen LogP contribution in [0.3, 0.4) is 0 Å². The number of carbonyl (C=O) groups is 2. The molecule has 1 aromatic carbocycles. The molecule has 1 unspecified atom stereocenters. The third-order valence-electron chi connectivity index (χ3n) is 4.38. The lowest BCUT2D eigenvalue weighted by Crippen LogP contribution is -2.48. The average Bonchev–Trinajstić information content (AvgIpc) is 2.53. The monoisotopic (exact) mass is 356 g/mol. The molecule has 2 aliphatic heterocycles. The molecular weight excluding hydrogens is 339 g/mol. The number of carbonyl (C=O) groups excluding carboxylic acids is 1. The second-order valence-electron chi connectivity index (χ2n) is 5.95. The molecule has 1 amide bonds. The highest BCUT2D eigenvalue weighted by atomic mass is 32.2. The lowest BCUT2D eigenvalue weighted by atomic mass is 10.0. The van der Waals surface area contributed by atoms with Crippen LogP contribution in [0.4, 0.5) is 10.1 Å². The van der Waals surface area contributed by atoms with Gasteiger partial charge in [0.1, 0.15) is 16.8 Å². The van der Waals surface area contributed by atoms with E-state index in [2.05, 4.69) is 5.32 Å². The summed E-state index contributed by atoms with van der Waals surface area (Å²) in [5, 5.41) is 11.8. The molecule has 1 saturated heterocycles. The lowest BCUT2D eigenvalue weighted by Gasteiger charge is -2.32. The van der Waals surface area contributed by atoms with E-state index in [-0.39, 0.29) is 31.0 Å². The zero-order valence-corrected chi connectivity index (χ0v) is 13.6. The Kier molecular flexibility index (Phi) is 4.31. The topological polar surface area (TPSA) is 104 Å². The summed E-state index contributed by atoms with van der Waals surface area (Å²) in [4.78, 5) is 22.2. The van der Waals surface area contributed by atoms with Crippen molar-refractivity contribution in [3.8, 4) is 0 Å². The first kappa shape index (κ1) is 16.8. The summed E-state index contributed by atoms with van der Waals surface area (Å²) >= 11 is 0. The molecular formula is C15H17FN2O5S. The van der Waals surface area contributed by atoms with Gasteiger partial charge in [-0.3, -0.25) is 9.59 Å². The third-order valence-corrected chi connectivity index (χ3v) is 6.30. The molecule has 1 aromatic rings. The van der Waals surface area contributed by atoms with Crippen LogP contribution in [0.2, 0.25) is 0 Å². The van der Waals surface area contributed by atoms with Crippen LogP contribution in [0.15, 0.2) is 17.0 Å². The van der Waals surface area contributed by atoms with E-state index in [0.717, 1.165) is 10.4 Å². The number of carboxylic acids is 1. The molecule has 0 aliphatic carbocycles. The van der Waals surface area contributed by atoms with Crippen molar-refractivity contribution in [1.29, 1.82) is 0 Å². The fourth-order valence-corrected chi connectivity index (χ4v) is 4.89. The number of fused-ring (bicyclic) bond motifs is 1. The maximum atomic E-state index is 14.4. The molecule has 9 heteroatoms. The Balaban J connectivity index is 2.03. The summed E-state index contributed by atoms with van der Waals surface area (Å²) in [6.45, 7) is 0.0482. The first-order valence-electron chi connectivity index (χ1n) is 7.67. The molecule has 0 radical (unpaired) electrons. The number of hydrogen-bond acceptors (Lipinski definition) is 4. The van der Waals surface area contributed by atoms with Gasteiger partial charge in [0.2, 0.25) is 15.9 Å². The summed E-state index contributed by atoms with van der Waals surface area (Å²) in [7, 11) is -4.27. The van der Waals surface area contributed by atoms with Crippen molar-refractivity contribution < 1.29 is 27.5 Å². The lowest BCUT2D eigenvalue weighted by molar-refractivity contribution is -0.142. The Hall–Kier alpha value is -2.00. The van der Waals surface area contributed by atoms with Crippen LogP contribution in [-0.2, 0) is 26.0 Å². The number of amides is 1. The Morgan fingerprint density at radius 3 is 2.75 bits per heavy atom. The van der Waals surface area contributed by atoms with Gasteiger partial charge in [0, 0.05) is 18.7 Å². The average molecular weight is 356 g/mol. The molecule has 24 heavy (non-hydrogen) atoms. The number of benzene rings is 1. The molecule has 2 N–H and O–H groups in total. The fourth-order valence-electron chi connectivity index (χ4n) is 3.14. The SMILES string of the molecule is O=C1CCc2cc(S(=O)(=O)N3CCCCC3C(=O)O)c(F)cc2N1. The fraction of sp³-hybridized carbons (Fsp3) is 0.467. The number of hydrogen-bond donors (Lipinski definition) is 2. The van der Waals surface area contributed by atoms with E-state index in [1.165, 1.54) is 6.07 Å². The van der Waals surface area contributed by atoms with Crippen molar-refractivity contribution >= 4 is 27.6 Å². The van der Waals surface area contributed by atoms with Gasteiger partial charge in [-0.1, -0.05) is 0 Å². The number of piperidine rings is 1. The highest BCUT2D eigenvalue weighted by Gasteiger charge is 2.39. The minimum atomic E-state index is -4.27. The highest BCUT2D eigenvalue weighted by Crippen LogP contribution is 2.32. The van der Waals surface area contributed by atoms with E-state index in [1.54, 1.807) is 0 Å². The maximum absolute atomic E-state index is 14.4. The van der Waals surface area contributed by atoms with E-state index in [1.807, 2.05) is 0 Å². The number of anilines is 1. The van der Waals surface area contributed by atoms with E-state index >= 15 is 0 Å². The molecule has 0 spiro atoms. The number of nitrogens with zero attached hydrogens (tertiary/aromatic N) is 1. The second-order valence-corrected chi connectivity index (χ2v) is 7.81. The van der Waals surface area contributed by atoms with Crippen LogP contribution >= 0.6 is 0 Å². The molecule has 1 fully saturated rings. The zero-order valence-electron chi connectivity index (χ0n) is 12.8. The second kappa shape index (κ2) is 6.14. The first-order chi connectivity index (χ1) is 11.3. The van der Waals surface area contributed by atoms with Crippen molar-refractivity contribution in [2.24, 2.45) is 0 Å². The van der Waals surface area contributed by atoms with Gasteiger partial charge in [-0.15, -0.1) is 0 Å². The predicted octanol–water partition coefficient (Wildman–Crippen LogP) is 1.34. The van der Waals surface area contributed by atoms with Crippen LogP contribution < -0.4 is 5.32 Å². The number of aryl methyl sites for hydroxylation is 1. The standard InChI is InChI=1S/C15H17FN2O5S/c16-10-8-11-9(4-5-14(19)17-11)7-13(10)24(22,23)18-6-2-1-3-12(18)15(20)21/h7-8,12H,1-6H2,(H,17,19)(H,20,21). The number of aliphatic carboxylic acids is 1. The molecule has 0 saturated carbocycles. The minimum Gasteiger partial charge on any atom is -0.480 e. The van der Waals surface area contributed by atoms with Crippen LogP contribution in [0.5, 0.6) is 0 Å². The van der Waals surface area contributed by atoms with Gasteiger partial charge in [-0.25, -0.2) is 12.8 Å². The summed E-state index contributed by atoms with van der Waals surface area (Å²) in [6.07, 6.45) is 1.86. The molecule has 130 valence electrons.